The lowest BCUT2D eigenvalue weighted by atomic mass is 10.1. The Morgan fingerprint density at radius 3 is 2.67 bits per heavy atom. The van der Waals surface area contributed by atoms with E-state index in [2.05, 4.69) is 17.7 Å². The highest BCUT2D eigenvalue weighted by atomic mass is 35.5. The van der Waals surface area contributed by atoms with Gasteiger partial charge in [0.2, 0.25) is 5.96 Å². The van der Waals surface area contributed by atoms with E-state index < -0.39 is 0 Å². The normalized spacial score (nSPS) is 18.2. The van der Waals surface area contributed by atoms with E-state index in [1.54, 1.807) is 0 Å². The maximum absolute atomic E-state index is 12.0. The Bertz CT molecular complexity index is 355. The van der Waals surface area contributed by atoms with Crippen LogP contribution < -0.4 is 16.5 Å². The zero-order valence-electron chi connectivity index (χ0n) is 11.0. The first-order valence-electron chi connectivity index (χ1n) is 5.87. The molecule has 0 saturated carbocycles. The Labute approximate surface area is 114 Å². The smallest absolute Gasteiger partial charge is 0.251 e. The standard InChI is InChI=1S/C11H21N5O.ClH/c1-4-5-6-14-10(17)9-7(2)15-16(8(9)3)11(12)13;/h8,15H,4-6H2,1-3H3,(H3,12,13)(H,14,17);1H. The molecule has 0 bridgehead atoms. The summed E-state index contributed by atoms with van der Waals surface area (Å²) in [6.45, 7) is 6.42. The molecule has 18 heavy (non-hydrogen) atoms. The van der Waals surface area contributed by atoms with E-state index in [4.69, 9.17) is 11.1 Å². The van der Waals surface area contributed by atoms with Gasteiger partial charge in [0.05, 0.1) is 11.6 Å². The van der Waals surface area contributed by atoms with Gasteiger partial charge in [0.15, 0.2) is 0 Å². The van der Waals surface area contributed by atoms with Gasteiger partial charge in [0.1, 0.15) is 0 Å². The monoisotopic (exact) mass is 275 g/mol. The van der Waals surface area contributed by atoms with Gasteiger partial charge in [-0.15, -0.1) is 12.4 Å². The van der Waals surface area contributed by atoms with E-state index in [0.717, 1.165) is 18.5 Å². The molecule has 0 spiro atoms. The van der Waals surface area contributed by atoms with Crippen molar-refractivity contribution in [1.29, 1.82) is 5.41 Å². The van der Waals surface area contributed by atoms with Crippen molar-refractivity contribution in [3.63, 3.8) is 0 Å². The highest BCUT2D eigenvalue weighted by molar-refractivity contribution is 5.96. The van der Waals surface area contributed by atoms with E-state index in [0.29, 0.717) is 12.1 Å². The molecule has 1 atom stereocenters. The number of halogens is 1. The van der Waals surface area contributed by atoms with Crippen LogP contribution >= 0.6 is 12.4 Å². The van der Waals surface area contributed by atoms with Crippen LogP contribution in [0, 0.1) is 5.41 Å². The summed E-state index contributed by atoms with van der Waals surface area (Å²) in [5, 5.41) is 11.7. The van der Waals surface area contributed by atoms with E-state index in [9.17, 15) is 4.79 Å². The van der Waals surface area contributed by atoms with Crippen LogP contribution in [0.5, 0.6) is 0 Å². The Morgan fingerprint density at radius 2 is 2.22 bits per heavy atom. The van der Waals surface area contributed by atoms with Crippen LogP contribution in [0.2, 0.25) is 0 Å². The summed E-state index contributed by atoms with van der Waals surface area (Å²) in [5.41, 5.74) is 9.75. The first-order valence-corrected chi connectivity index (χ1v) is 5.87. The fraction of sp³-hybridized carbons (Fsp3) is 0.636. The Hall–Kier alpha value is -1.43. The van der Waals surface area contributed by atoms with Gasteiger partial charge in [0.25, 0.3) is 5.91 Å². The van der Waals surface area contributed by atoms with Crippen LogP contribution in [0.3, 0.4) is 0 Å². The Morgan fingerprint density at radius 1 is 1.61 bits per heavy atom. The number of nitrogens with one attached hydrogen (secondary N) is 3. The van der Waals surface area contributed by atoms with Crippen molar-refractivity contribution in [2.24, 2.45) is 5.73 Å². The van der Waals surface area contributed by atoms with E-state index >= 15 is 0 Å². The number of amides is 1. The third kappa shape index (κ3) is 3.53. The molecular formula is C11H22ClN5O. The molecule has 1 aliphatic rings. The highest BCUT2D eigenvalue weighted by Gasteiger charge is 2.32. The summed E-state index contributed by atoms with van der Waals surface area (Å²) in [5.74, 6) is -0.173. The minimum absolute atomic E-state index is 0. The molecule has 0 fully saturated rings. The minimum atomic E-state index is -0.214. The van der Waals surface area contributed by atoms with Gasteiger partial charge >= 0.3 is 0 Å². The lowest BCUT2D eigenvalue weighted by Gasteiger charge is -2.22. The predicted molar refractivity (Wildman–Crippen MR) is 74.2 cm³/mol. The number of hydrazine groups is 1. The number of allylic oxidation sites excluding steroid dienone is 1. The number of nitrogens with zero attached hydrogens (tertiary/aromatic N) is 1. The molecule has 6 nitrogen and oxygen atoms in total. The van der Waals surface area contributed by atoms with Crippen molar-refractivity contribution < 1.29 is 4.79 Å². The summed E-state index contributed by atoms with van der Waals surface area (Å²) < 4.78 is 0. The highest BCUT2D eigenvalue weighted by Crippen LogP contribution is 2.19. The predicted octanol–water partition coefficient (Wildman–Crippen LogP) is 0.701. The maximum Gasteiger partial charge on any atom is 0.251 e. The summed E-state index contributed by atoms with van der Waals surface area (Å²) in [6.07, 6.45) is 2.02. The van der Waals surface area contributed by atoms with E-state index in [1.807, 2.05) is 13.8 Å². The third-order valence-electron chi connectivity index (χ3n) is 2.82. The Balaban J connectivity index is 0.00000289. The fourth-order valence-electron chi connectivity index (χ4n) is 1.88. The molecule has 1 rings (SSSR count). The van der Waals surface area contributed by atoms with E-state index in [-0.39, 0.29) is 30.3 Å². The van der Waals surface area contributed by atoms with Crippen LogP contribution in [0.25, 0.3) is 0 Å². The van der Waals surface area contributed by atoms with Gasteiger partial charge in [0, 0.05) is 12.2 Å². The molecule has 0 aromatic carbocycles. The van der Waals surface area contributed by atoms with Gasteiger partial charge in [-0.1, -0.05) is 13.3 Å². The maximum atomic E-state index is 12.0. The van der Waals surface area contributed by atoms with Crippen molar-refractivity contribution in [2.75, 3.05) is 6.54 Å². The minimum Gasteiger partial charge on any atom is -0.369 e. The van der Waals surface area contributed by atoms with Gasteiger partial charge in [-0.25, -0.2) is 5.01 Å². The number of carbonyl (C=O) groups is 1. The van der Waals surface area contributed by atoms with Crippen molar-refractivity contribution >= 4 is 24.3 Å². The van der Waals surface area contributed by atoms with E-state index in [1.165, 1.54) is 5.01 Å². The molecule has 0 saturated heterocycles. The molecule has 7 heteroatoms. The van der Waals surface area contributed by atoms with Gasteiger partial charge in [-0.2, -0.15) is 0 Å². The lowest BCUT2D eigenvalue weighted by molar-refractivity contribution is -0.117. The molecule has 0 aromatic rings. The fourth-order valence-corrected chi connectivity index (χ4v) is 1.88. The summed E-state index contributed by atoms with van der Waals surface area (Å²) in [6, 6.07) is -0.214. The molecule has 1 heterocycles. The number of hydrogen-bond acceptors (Lipinski definition) is 3. The van der Waals surface area contributed by atoms with Gasteiger partial charge in [-0.3, -0.25) is 15.6 Å². The van der Waals surface area contributed by atoms with Crippen molar-refractivity contribution in [2.45, 2.75) is 39.7 Å². The SMILES string of the molecule is CCCCNC(=O)C1=C(C)NN(C(=N)N)C1C.Cl. The van der Waals surface area contributed by atoms with Crippen LogP contribution in [0.4, 0.5) is 0 Å². The summed E-state index contributed by atoms with van der Waals surface area (Å²) in [4.78, 5) is 12.0. The van der Waals surface area contributed by atoms with Crippen molar-refractivity contribution in [3.05, 3.63) is 11.3 Å². The first kappa shape index (κ1) is 16.6. The average molecular weight is 276 g/mol. The number of nitrogens with two attached hydrogens (primary N) is 1. The van der Waals surface area contributed by atoms with Crippen LogP contribution in [0.1, 0.15) is 33.6 Å². The molecule has 0 radical (unpaired) electrons. The summed E-state index contributed by atoms with van der Waals surface area (Å²) >= 11 is 0. The number of unbranched alkanes of at least 4 members (excludes halogenated alkanes) is 1. The number of carbonyl (C=O) groups excluding carboxylic acids is 1. The quantitative estimate of drug-likeness (QED) is 0.345. The first-order chi connectivity index (χ1) is 7.99. The third-order valence-corrected chi connectivity index (χ3v) is 2.82. The number of guanidine groups is 1. The lowest BCUT2D eigenvalue weighted by Crippen LogP contribution is -2.47. The summed E-state index contributed by atoms with van der Waals surface area (Å²) in [7, 11) is 0. The molecule has 1 amide bonds. The second-order valence-corrected chi connectivity index (χ2v) is 4.19. The number of rotatable bonds is 4. The number of hydrogen-bond donors (Lipinski definition) is 4. The molecule has 104 valence electrons. The zero-order valence-corrected chi connectivity index (χ0v) is 11.9. The molecule has 1 unspecified atom stereocenters. The second kappa shape index (κ2) is 7.10. The Kier molecular flexibility index (Phi) is 6.54. The molecular weight excluding hydrogens is 254 g/mol. The van der Waals surface area contributed by atoms with Gasteiger partial charge in [-0.05, 0) is 20.3 Å². The topological polar surface area (TPSA) is 94.2 Å². The zero-order chi connectivity index (χ0) is 13.0. The van der Waals surface area contributed by atoms with Crippen LogP contribution in [-0.4, -0.2) is 29.5 Å². The van der Waals surface area contributed by atoms with Crippen molar-refractivity contribution in [1.82, 2.24) is 15.8 Å². The average Bonchev–Trinajstić information content (AvgIpc) is 2.54. The van der Waals surface area contributed by atoms with Crippen molar-refractivity contribution in [3.8, 4) is 0 Å². The second-order valence-electron chi connectivity index (χ2n) is 4.19. The molecule has 0 aromatic heterocycles. The van der Waals surface area contributed by atoms with Gasteiger partial charge < -0.3 is 11.1 Å². The molecule has 0 aliphatic carbocycles. The van der Waals surface area contributed by atoms with Crippen LogP contribution in [-0.2, 0) is 4.79 Å². The largest absolute Gasteiger partial charge is 0.369 e. The molecule has 1 aliphatic heterocycles. The molecule has 5 N–H and O–H groups in total. The van der Waals surface area contributed by atoms with Crippen LogP contribution in [0.15, 0.2) is 11.3 Å².